The number of carbonyl (C=O) groups is 2. The monoisotopic (exact) mass is 474 g/mol. The van der Waals surface area contributed by atoms with E-state index in [4.69, 9.17) is 9.47 Å². The maximum atomic E-state index is 13.3. The van der Waals surface area contributed by atoms with Gasteiger partial charge in [0.05, 0.1) is 12.7 Å². The molecule has 1 heterocycles. The lowest BCUT2D eigenvalue weighted by atomic mass is 10.2. The summed E-state index contributed by atoms with van der Waals surface area (Å²) in [4.78, 5) is 25.1. The van der Waals surface area contributed by atoms with E-state index < -0.39 is 28.0 Å². The molecule has 1 N–H and O–H groups in total. The highest BCUT2D eigenvalue weighted by Crippen LogP contribution is 2.30. The lowest BCUT2D eigenvalue weighted by Crippen LogP contribution is -2.32. The molecule has 8 nitrogen and oxygen atoms in total. The second kappa shape index (κ2) is 10.8. The quantitative estimate of drug-likeness (QED) is 0.613. The smallest absolute Gasteiger partial charge is 0.338 e. The number of esters is 1. The number of anilines is 1. The van der Waals surface area contributed by atoms with Crippen LogP contribution < -0.4 is 10.1 Å². The summed E-state index contributed by atoms with van der Waals surface area (Å²) in [5, 5.41) is 2.73. The van der Waals surface area contributed by atoms with Gasteiger partial charge < -0.3 is 14.8 Å². The molecule has 1 aliphatic rings. The van der Waals surface area contributed by atoms with Crippen LogP contribution in [-0.4, -0.2) is 50.9 Å². The van der Waals surface area contributed by atoms with Crippen molar-refractivity contribution in [3.8, 4) is 5.75 Å². The zero-order chi connectivity index (χ0) is 24.0. The molecule has 0 spiro atoms. The number of sulfonamides is 1. The van der Waals surface area contributed by atoms with E-state index in [0.717, 1.165) is 31.2 Å². The van der Waals surface area contributed by atoms with Gasteiger partial charge in [-0.3, -0.25) is 4.79 Å². The van der Waals surface area contributed by atoms with E-state index >= 15 is 0 Å². The van der Waals surface area contributed by atoms with Crippen molar-refractivity contribution >= 4 is 27.6 Å². The fourth-order valence-corrected chi connectivity index (χ4v) is 5.35. The molecule has 0 radical (unpaired) electrons. The standard InChI is InChI=1S/C24H30N2O6S/c1-17-10-6-7-11-20(17)25-23(27)18(2)32-24(28)19-12-13-21(31-3)22(16-19)33(29,30)26-14-8-4-5-9-15-26/h6-7,10-13,16,18H,4-5,8-9,14-15H2,1-3H3,(H,25,27). The summed E-state index contributed by atoms with van der Waals surface area (Å²) in [7, 11) is -2.47. The number of hydrogen-bond donors (Lipinski definition) is 1. The summed E-state index contributed by atoms with van der Waals surface area (Å²) in [6, 6.07) is 11.4. The molecule has 1 fully saturated rings. The van der Waals surface area contributed by atoms with Crippen molar-refractivity contribution < 1.29 is 27.5 Å². The Hall–Kier alpha value is -2.91. The van der Waals surface area contributed by atoms with E-state index in [9.17, 15) is 18.0 Å². The van der Waals surface area contributed by atoms with Crippen LogP contribution in [0.1, 0.15) is 48.5 Å². The minimum absolute atomic E-state index is 0.0275. The van der Waals surface area contributed by atoms with E-state index in [0.29, 0.717) is 18.8 Å². The van der Waals surface area contributed by atoms with Crippen molar-refractivity contribution in [3.63, 3.8) is 0 Å². The molecular weight excluding hydrogens is 444 g/mol. The number of aryl methyl sites for hydroxylation is 1. The maximum Gasteiger partial charge on any atom is 0.338 e. The Morgan fingerprint density at radius 2 is 1.70 bits per heavy atom. The fourth-order valence-electron chi connectivity index (χ4n) is 3.66. The first-order valence-electron chi connectivity index (χ1n) is 11.0. The number of para-hydroxylation sites is 1. The zero-order valence-electron chi connectivity index (χ0n) is 19.2. The van der Waals surface area contributed by atoms with Crippen LogP contribution in [0, 0.1) is 6.92 Å². The Morgan fingerprint density at radius 3 is 2.33 bits per heavy atom. The van der Waals surface area contributed by atoms with Gasteiger partial charge in [-0.15, -0.1) is 0 Å². The van der Waals surface area contributed by atoms with E-state index in [1.165, 1.54) is 36.5 Å². The van der Waals surface area contributed by atoms with E-state index in [-0.39, 0.29) is 16.2 Å². The van der Waals surface area contributed by atoms with Crippen LogP contribution in [0.5, 0.6) is 5.75 Å². The Kier molecular flexibility index (Phi) is 8.10. The molecule has 9 heteroatoms. The van der Waals surface area contributed by atoms with Gasteiger partial charge in [0, 0.05) is 18.8 Å². The molecule has 0 aliphatic carbocycles. The number of methoxy groups -OCH3 is 1. The summed E-state index contributed by atoms with van der Waals surface area (Å²) >= 11 is 0. The van der Waals surface area contributed by atoms with E-state index in [2.05, 4.69) is 5.32 Å². The molecule has 0 bridgehead atoms. The average Bonchev–Trinajstić information content (AvgIpc) is 3.10. The van der Waals surface area contributed by atoms with Crippen molar-refractivity contribution in [1.29, 1.82) is 0 Å². The minimum Gasteiger partial charge on any atom is -0.495 e. The number of benzene rings is 2. The molecule has 1 saturated heterocycles. The number of amides is 1. The molecular formula is C24H30N2O6S. The molecule has 0 saturated carbocycles. The molecule has 2 aromatic carbocycles. The lowest BCUT2D eigenvalue weighted by Gasteiger charge is -2.21. The molecule has 1 amide bonds. The van der Waals surface area contributed by atoms with Gasteiger partial charge in [-0.05, 0) is 56.5 Å². The van der Waals surface area contributed by atoms with Crippen LogP contribution in [0.4, 0.5) is 5.69 Å². The number of carbonyl (C=O) groups excluding carboxylic acids is 2. The summed E-state index contributed by atoms with van der Waals surface area (Å²) in [5.74, 6) is -1.12. The van der Waals surface area contributed by atoms with Crippen LogP contribution in [-0.2, 0) is 19.6 Å². The Bertz CT molecular complexity index is 1110. The molecule has 0 aromatic heterocycles. The number of nitrogens with zero attached hydrogens (tertiary/aromatic N) is 1. The Morgan fingerprint density at radius 1 is 1.03 bits per heavy atom. The van der Waals surface area contributed by atoms with Gasteiger partial charge >= 0.3 is 5.97 Å². The summed E-state index contributed by atoms with van der Waals surface area (Å²) in [6.07, 6.45) is 2.47. The average molecular weight is 475 g/mol. The first-order valence-corrected chi connectivity index (χ1v) is 12.4. The third-order valence-electron chi connectivity index (χ3n) is 5.64. The van der Waals surface area contributed by atoms with Crippen molar-refractivity contribution in [3.05, 3.63) is 53.6 Å². The first-order chi connectivity index (χ1) is 15.7. The van der Waals surface area contributed by atoms with Crippen molar-refractivity contribution in [2.24, 2.45) is 0 Å². The zero-order valence-corrected chi connectivity index (χ0v) is 20.0. The van der Waals surface area contributed by atoms with Gasteiger partial charge in [0.1, 0.15) is 10.6 Å². The van der Waals surface area contributed by atoms with Gasteiger partial charge in [-0.25, -0.2) is 13.2 Å². The van der Waals surface area contributed by atoms with Crippen molar-refractivity contribution in [2.45, 2.75) is 50.5 Å². The van der Waals surface area contributed by atoms with Crippen LogP contribution in [0.25, 0.3) is 0 Å². The lowest BCUT2D eigenvalue weighted by molar-refractivity contribution is -0.123. The molecule has 2 aromatic rings. The van der Waals surface area contributed by atoms with Crippen LogP contribution in [0.3, 0.4) is 0 Å². The highest BCUT2D eigenvalue weighted by atomic mass is 32.2. The Balaban J connectivity index is 1.78. The van der Waals surface area contributed by atoms with Gasteiger partial charge in [0.15, 0.2) is 6.10 Å². The third-order valence-corrected chi connectivity index (χ3v) is 7.56. The topological polar surface area (TPSA) is 102 Å². The summed E-state index contributed by atoms with van der Waals surface area (Å²) in [6.45, 7) is 4.17. The van der Waals surface area contributed by atoms with Crippen LogP contribution in [0.2, 0.25) is 0 Å². The van der Waals surface area contributed by atoms with Crippen molar-refractivity contribution in [2.75, 3.05) is 25.5 Å². The SMILES string of the molecule is COc1ccc(C(=O)OC(C)C(=O)Nc2ccccc2C)cc1S(=O)(=O)N1CCCCCC1. The normalized spacial score (nSPS) is 15.8. The molecule has 3 rings (SSSR count). The van der Waals surface area contributed by atoms with Crippen LogP contribution >= 0.6 is 0 Å². The second-order valence-electron chi connectivity index (χ2n) is 8.04. The molecule has 1 aliphatic heterocycles. The largest absolute Gasteiger partial charge is 0.495 e. The predicted molar refractivity (Wildman–Crippen MR) is 125 cm³/mol. The number of nitrogens with one attached hydrogen (secondary N) is 1. The minimum atomic E-state index is -3.85. The van der Waals surface area contributed by atoms with Crippen LogP contribution in [0.15, 0.2) is 47.4 Å². The van der Waals surface area contributed by atoms with E-state index in [1.807, 2.05) is 19.1 Å². The third kappa shape index (κ3) is 5.91. The van der Waals surface area contributed by atoms with Gasteiger partial charge in [0.25, 0.3) is 5.91 Å². The molecule has 178 valence electrons. The predicted octanol–water partition coefficient (Wildman–Crippen LogP) is 3.75. The number of hydrogen-bond acceptors (Lipinski definition) is 6. The van der Waals surface area contributed by atoms with Crippen molar-refractivity contribution in [1.82, 2.24) is 4.31 Å². The fraction of sp³-hybridized carbons (Fsp3) is 0.417. The highest BCUT2D eigenvalue weighted by Gasteiger charge is 2.30. The molecule has 1 unspecified atom stereocenters. The summed E-state index contributed by atoms with van der Waals surface area (Å²) in [5.41, 5.74) is 1.53. The number of rotatable bonds is 7. The Labute approximate surface area is 194 Å². The highest BCUT2D eigenvalue weighted by molar-refractivity contribution is 7.89. The summed E-state index contributed by atoms with van der Waals surface area (Å²) < 4.78 is 38.6. The number of ether oxygens (including phenoxy) is 2. The van der Waals surface area contributed by atoms with Gasteiger partial charge in [-0.1, -0.05) is 31.0 Å². The molecule has 33 heavy (non-hydrogen) atoms. The second-order valence-corrected chi connectivity index (χ2v) is 9.94. The van der Waals surface area contributed by atoms with Gasteiger partial charge in [0.2, 0.25) is 10.0 Å². The van der Waals surface area contributed by atoms with E-state index in [1.54, 1.807) is 12.1 Å². The van der Waals surface area contributed by atoms with Gasteiger partial charge in [-0.2, -0.15) is 4.31 Å². The maximum absolute atomic E-state index is 13.3. The first kappa shape index (κ1) is 24.7. The molecule has 1 atom stereocenters.